The van der Waals surface area contributed by atoms with E-state index in [0.717, 1.165) is 13.0 Å². The maximum Gasteiger partial charge on any atom is 0.220 e. The van der Waals surface area contributed by atoms with Crippen LogP contribution in [-0.2, 0) is 4.79 Å². The molecule has 1 N–H and O–H groups in total. The summed E-state index contributed by atoms with van der Waals surface area (Å²) in [6.45, 7) is 4.61. The van der Waals surface area contributed by atoms with E-state index < -0.39 is 0 Å². The van der Waals surface area contributed by atoms with Crippen molar-refractivity contribution in [1.82, 2.24) is 5.32 Å². The molecule has 2 heteroatoms. The number of nitrogens with one attached hydrogen (secondary N) is 1. The predicted octanol–water partition coefficient (Wildman–Crippen LogP) is 1.48. The van der Waals surface area contributed by atoms with Crippen molar-refractivity contribution in [2.24, 2.45) is 0 Å². The van der Waals surface area contributed by atoms with Gasteiger partial charge in [0.2, 0.25) is 5.91 Å². The van der Waals surface area contributed by atoms with Crippen LogP contribution in [0.2, 0.25) is 0 Å². The van der Waals surface area contributed by atoms with Gasteiger partial charge in [-0.15, -0.1) is 0 Å². The molecule has 0 rings (SSSR count). The zero-order chi connectivity index (χ0) is 7.82. The van der Waals surface area contributed by atoms with E-state index in [1.807, 2.05) is 26.0 Å². The molecule has 10 heavy (non-hydrogen) atoms. The molecule has 0 saturated carbocycles. The van der Waals surface area contributed by atoms with Crippen molar-refractivity contribution in [1.29, 1.82) is 0 Å². The van der Waals surface area contributed by atoms with Gasteiger partial charge in [0.15, 0.2) is 0 Å². The van der Waals surface area contributed by atoms with Gasteiger partial charge in [0.05, 0.1) is 0 Å². The summed E-state index contributed by atoms with van der Waals surface area (Å²) < 4.78 is 0. The molecule has 2 nitrogen and oxygen atoms in total. The van der Waals surface area contributed by atoms with Gasteiger partial charge < -0.3 is 5.32 Å². The maximum atomic E-state index is 10.8. The van der Waals surface area contributed by atoms with Crippen LogP contribution in [-0.4, -0.2) is 12.5 Å². The molecule has 0 bridgehead atoms. The third kappa shape index (κ3) is 5.35. The second-order valence-electron chi connectivity index (χ2n) is 2.06. The topological polar surface area (TPSA) is 29.1 Å². The fourth-order valence-corrected chi connectivity index (χ4v) is 0.667. The first-order chi connectivity index (χ1) is 4.81. The normalized spacial score (nSPS) is 10.2. The van der Waals surface area contributed by atoms with E-state index in [-0.39, 0.29) is 5.91 Å². The Balaban J connectivity index is 3.21. The van der Waals surface area contributed by atoms with Crippen molar-refractivity contribution >= 4 is 5.91 Å². The van der Waals surface area contributed by atoms with Gasteiger partial charge in [-0.2, -0.15) is 0 Å². The molecule has 0 radical (unpaired) electrons. The number of hydrogen-bond acceptors (Lipinski definition) is 1. The molecule has 0 aliphatic rings. The molecule has 0 spiro atoms. The Bertz CT molecular complexity index is 118. The molecule has 0 heterocycles. The molecule has 0 fully saturated rings. The maximum absolute atomic E-state index is 10.8. The molecular formula is C8H15NO. The summed E-state index contributed by atoms with van der Waals surface area (Å²) in [7, 11) is 0. The Morgan fingerprint density at radius 3 is 2.80 bits per heavy atom. The van der Waals surface area contributed by atoms with Crippen molar-refractivity contribution < 1.29 is 4.79 Å². The number of rotatable bonds is 4. The van der Waals surface area contributed by atoms with Gasteiger partial charge >= 0.3 is 0 Å². The third-order valence-corrected chi connectivity index (χ3v) is 1.15. The smallest absolute Gasteiger partial charge is 0.220 e. The second kappa shape index (κ2) is 6.33. The van der Waals surface area contributed by atoms with Crippen LogP contribution in [0, 0.1) is 0 Å². The lowest BCUT2D eigenvalue weighted by Gasteiger charge is -1.97. The van der Waals surface area contributed by atoms with E-state index in [0.29, 0.717) is 6.42 Å². The summed E-state index contributed by atoms with van der Waals surface area (Å²) in [4.78, 5) is 10.8. The first-order valence-electron chi connectivity index (χ1n) is 3.69. The van der Waals surface area contributed by atoms with Crippen molar-refractivity contribution in [3.05, 3.63) is 12.2 Å². The van der Waals surface area contributed by atoms with Crippen molar-refractivity contribution in [2.45, 2.75) is 26.7 Å². The first-order valence-corrected chi connectivity index (χ1v) is 3.69. The molecule has 0 aromatic rings. The van der Waals surface area contributed by atoms with Crippen molar-refractivity contribution in [3.8, 4) is 0 Å². The number of amides is 1. The lowest BCUT2D eigenvalue weighted by Crippen LogP contribution is -2.21. The summed E-state index contributed by atoms with van der Waals surface area (Å²) in [5.74, 6) is 0.139. The lowest BCUT2D eigenvalue weighted by atomic mass is 10.3. The van der Waals surface area contributed by atoms with Gasteiger partial charge in [0, 0.05) is 13.0 Å². The Labute approximate surface area is 62.3 Å². The van der Waals surface area contributed by atoms with E-state index in [9.17, 15) is 4.79 Å². The van der Waals surface area contributed by atoms with Crippen LogP contribution in [0.1, 0.15) is 26.7 Å². The quantitative estimate of drug-likeness (QED) is 0.590. The van der Waals surface area contributed by atoms with Gasteiger partial charge in [-0.25, -0.2) is 0 Å². The molecule has 0 aliphatic carbocycles. The van der Waals surface area contributed by atoms with Crippen LogP contribution >= 0.6 is 0 Å². The second-order valence-corrected chi connectivity index (χ2v) is 2.06. The fourth-order valence-electron chi connectivity index (χ4n) is 0.667. The summed E-state index contributed by atoms with van der Waals surface area (Å²) >= 11 is 0. The Morgan fingerprint density at radius 2 is 2.30 bits per heavy atom. The van der Waals surface area contributed by atoms with Crippen molar-refractivity contribution in [2.75, 3.05) is 6.54 Å². The summed E-state index contributed by atoms with van der Waals surface area (Å²) in [6.07, 6.45) is 5.41. The third-order valence-electron chi connectivity index (χ3n) is 1.15. The van der Waals surface area contributed by atoms with E-state index in [1.165, 1.54) is 0 Å². The predicted molar refractivity (Wildman–Crippen MR) is 42.7 cm³/mol. The highest BCUT2D eigenvalue weighted by Crippen LogP contribution is 1.89. The molecule has 0 aliphatic heterocycles. The summed E-state index contributed by atoms with van der Waals surface area (Å²) in [5.41, 5.74) is 0. The Hall–Kier alpha value is -0.790. The minimum absolute atomic E-state index is 0.139. The number of allylic oxidation sites excluding steroid dienone is 2. The van der Waals surface area contributed by atoms with Gasteiger partial charge in [-0.3, -0.25) is 4.79 Å². The van der Waals surface area contributed by atoms with E-state index in [4.69, 9.17) is 0 Å². The standard InChI is InChI=1S/C8H15NO/c1-3-5-6-7-8(10)9-4-2/h3,5H,4,6-7H2,1-2H3,(H,9,10). The number of hydrogen-bond donors (Lipinski definition) is 1. The van der Waals surface area contributed by atoms with Crippen LogP contribution in [0.5, 0.6) is 0 Å². The van der Waals surface area contributed by atoms with Gasteiger partial charge in [0.1, 0.15) is 0 Å². The zero-order valence-electron chi connectivity index (χ0n) is 6.68. The lowest BCUT2D eigenvalue weighted by molar-refractivity contribution is -0.120. The SMILES string of the molecule is CC=CCCC(=O)NCC. The highest BCUT2D eigenvalue weighted by molar-refractivity contribution is 5.75. The number of carbonyl (C=O) groups is 1. The largest absolute Gasteiger partial charge is 0.356 e. The Morgan fingerprint density at radius 1 is 1.60 bits per heavy atom. The van der Waals surface area contributed by atoms with E-state index in [1.54, 1.807) is 0 Å². The average Bonchev–Trinajstić information content (AvgIpc) is 1.89. The van der Waals surface area contributed by atoms with E-state index in [2.05, 4.69) is 5.32 Å². The molecule has 0 saturated heterocycles. The van der Waals surface area contributed by atoms with Crippen LogP contribution in [0.25, 0.3) is 0 Å². The highest BCUT2D eigenvalue weighted by Gasteiger charge is 1.94. The highest BCUT2D eigenvalue weighted by atomic mass is 16.1. The minimum Gasteiger partial charge on any atom is -0.356 e. The molecular weight excluding hydrogens is 126 g/mol. The van der Waals surface area contributed by atoms with E-state index >= 15 is 0 Å². The molecule has 0 aromatic heterocycles. The van der Waals surface area contributed by atoms with Crippen LogP contribution < -0.4 is 5.32 Å². The molecule has 0 unspecified atom stereocenters. The van der Waals surface area contributed by atoms with Crippen LogP contribution in [0.4, 0.5) is 0 Å². The van der Waals surface area contributed by atoms with Crippen LogP contribution in [0.15, 0.2) is 12.2 Å². The van der Waals surface area contributed by atoms with Gasteiger partial charge in [-0.1, -0.05) is 12.2 Å². The zero-order valence-corrected chi connectivity index (χ0v) is 6.68. The molecule has 0 atom stereocenters. The monoisotopic (exact) mass is 141 g/mol. The minimum atomic E-state index is 0.139. The van der Waals surface area contributed by atoms with Crippen LogP contribution in [0.3, 0.4) is 0 Å². The summed E-state index contributed by atoms with van der Waals surface area (Å²) in [6, 6.07) is 0. The van der Waals surface area contributed by atoms with Crippen molar-refractivity contribution in [3.63, 3.8) is 0 Å². The molecule has 1 amide bonds. The molecule has 58 valence electrons. The van der Waals surface area contributed by atoms with Gasteiger partial charge in [0.25, 0.3) is 0 Å². The number of carbonyl (C=O) groups excluding carboxylic acids is 1. The average molecular weight is 141 g/mol. The first kappa shape index (κ1) is 9.21. The fraction of sp³-hybridized carbons (Fsp3) is 0.625. The Kier molecular flexibility index (Phi) is 5.83. The molecule has 0 aromatic carbocycles. The summed E-state index contributed by atoms with van der Waals surface area (Å²) in [5, 5.41) is 2.73. The van der Waals surface area contributed by atoms with Gasteiger partial charge in [-0.05, 0) is 20.3 Å².